The van der Waals surface area contributed by atoms with E-state index < -0.39 is 0 Å². The molecule has 0 fully saturated rings. The molecule has 0 radical (unpaired) electrons. The highest BCUT2D eigenvalue weighted by Gasteiger charge is 2.06. The zero-order valence-corrected chi connectivity index (χ0v) is 11.8. The molecule has 0 atom stereocenters. The molecule has 0 saturated carbocycles. The number of hydrogen-bond acceptors (Lipinski definition) is 3. The van der Waals surface area contributed by atoms with Gasteiger partial charge in [0.05, 0.1) is 18.4 Å². The Kier molecular flexibility index (Phi) is 5.68. The third kappa shape index (κ3) is 4.74. The highest BCUT2D eigenvalue weighted by molar-refractivity contribution is 7.98. The van der Waals surface area contributed by atoms with E-state index >= 15 is 0 Å². The number of thioether (sulfide) groups is 1. The molecule has 106 valence electrons. The number of benzene rings is 1. The lowest BCUT2D eigenvalue weighted by Crippen LogP contribution is -2.27. The smallest absolute Gasteiger partial charge is 0.224 e. The van der Waals surface area contributed by atoms with Crippen LogP contribution in [0.3, 0.4) is 0 Å². The molecule has 0 spiro atoms. The molecule has 20 heavy (non-hydrogen) atoms. The maximum Gasteiger partial charge on any atom is 0.224 e. The zero-order valence-electron chi connectivity index (χ0n) is 11.0. The van der Waals surface area contributed by atoms with E-state index in [0.29, 0.717) is 12.1 Å². The number of carbonyl (C=O) groups excluding carboxylic acids is 1. The lowest BCUT2D eigenvalue weighted by Gasteiger charge is -2.05. The summed E-state index contributed by atoms with van der Waals surface area (Å²) in [5.74, 6) is 2.01. The number of halogens is 1. The molecule has 1 amide bonds. The van der Waals surface area contributed by atoms with Crippen LogP contribution < -0.4 is 5.32 Å². The van der Waals surface area contributed by atoms with E-state index in [9.17, 15) is 9.18 Å². The van der Waals surface area contributed by atoms with Gasteiger partial charge in [0.1, 0.15) is 11.6 Å². The van der Waals surface area contributed by atoms with Gasteiger partial charge < -0.3 is 9.73 Å². The van der Waals surface area contributed by atoms with Crippen LogP contribution in [0.1, 0.15) is 11.3 Å². The summed E-state index contributed by atoms with van der Waals surface area (Å²) in [6.07, 6.45) is 1.72. The Balaban J connectivity index is 1.62. The summed E-state index contributed by atoms with van der Waals surface area (Å²) in [4.78, 5) is 11.7. The van der Waals surface area contributed by atoms with Crippen LogP contribution in [-0.2, 0) is 17.0 Å². The number of furan rings is 1. The summed E-state index contributed by atoms with van der Waals surface area (Å²) in [5.41, 5.74) is 0.424. The zero-order chi connectivity index (χ0) is 14.2. The second-order valence-electron chi connectivity index (χ2n) is 4.25. The van der Waals surface area contributed by atoms with Crippen LogP contribution in [0.4, 0.5) is 4.39 Å². The molecule has 1 N–H and O–H groups in total. The topological polar surface area (TPSA) is 42.2 Å². The predicted molar refractivity (Wildman–Crippen MR) is 78.0 cm³/mol. The molecule has 2 rings (SSSR count). The molecule has 1 aromatic carbocycles. The third-order valence-electron chi connectivity index (χ3n) is 2.70. The molecular formula is C15H16FNO2S. The van der Waals surface area contributed by atoms with Crippen molar-refractivity contribution >= 4 is 17.7 Å². The molecule has 0 unspecified atom stereocenters. The van der Waals surface area contributed by atoms with Gasteiger partial charge >= 0.3 is 0 Å². The van der Waals surface area contributed by atoms with E-state index in [0.717, 1.165) is 17.3 Å². The molecule has 0 aliphatic rings. The van der Waals surface area contributed by atoms with Crippen molar-refractivity contribution in [3.8, 4) is 0 Å². The highest BCUT2D eigenvalue weighted by atomic mass is 32.2. The molecule has 1 aromatic heterocycles. The maximum atomic E-state index is 13.4. The van der Waals surface area contributed by atoms with Crippen LogP contribution in [0, 0.1) is 5.82 Å². The number of amides is 1. The van der Waals surface area contributed by atoms with Crippen molar-refractivity contribution in [3.63, 3.8) is 0 Å². The first kappa shape index (κ1) is 14.7. The van der Waals surface area contributed by atoms with Crippen molar-refractivity contribution in [3.05, 3.63) is 59.8 Å². The average Bonchev–Trinajstić information content (AvgIpc) is 2.94. The summed E-state index contributed by atoms with van der Waals surface area (Å²) >= 11 is 1.68. The van der Waals surface area contributed by atoms with Crippen molar-refractivity contribution in [2.75, 3.05) is 12.3 Å². The number of hydrogen-bond donors (Lipinski definition) is 1. The van der Waals surface area contributed by atoms with Gasteiger partial charge in [-0.05, 0) is 23.8 Å². The Labute approximate surface area is 121 Å². The van der Waals surface area contributed by atoms with Gasteiger partial charge in [0.15, 0.2) is 0 Å². The Morgan fingerprint density at radius 3 is 2.85 bits per heavy atom. The Morgan fingerprint density at radius 2 is 2.10 bits per heavy atom. The molecule has 0 aliphatic heterocycles. The summed E-state index contributed by atoms with van der Waals surface area (Å²) in [6, 6.07) is 10.1. The Bertz CT molecular complexity index is 543. The number of carbonyl (C=O) groups is 1. The minimum atomic E-state index is -0.338. The SMILES string of the molecule is O=C(Cc1ccccc1F)NCCSCc1ccco1. The predicted octanol–water partition coefficient (Wildman–Crippen LogP) is 3.01. The molecule has 5 heteroatoms. The van der Waals surface area contributed by atoms with Gasteiger partial charge in [-0.25, -0.2) is 4.39 Å². The van der Waals surface area contributed by atoms with Gasteiger partial charge in [-0.3, -0.25) is 4.79 Å². The number of nitrogens with one attached hydrogen (secondary N) is 1. The first-order chi connectivity index (χ1) is 9.75. The van der Waals surface area contributed by atoms with Crippen LogP contribution in [-0.4, -0.2) is 18.2 Å². The number of rotatable bonds is 7. The van der Waals surface area contributed by atoms with Gasteiger partial charge in [-0.2, -0.15) is 11.8 Å². The van der Waals surface area contributed by atoms with E-state index in [-0.39, 0.29) is 18.1 Å². The molecule has 3 nitrogen and oxygen atoms in total. The van der Waals surface area contributed by atoms with E-state index in [4.69, 9.17) is 4.42 Å². The van der Waals surface area contributed by atoms with E-state index in [1.807, 2.05) is 12.1 Å². The van der Waals surface area contributed by atoms with Crippen LogP contribution in [0.2, 0.25) is 0 Å². The molecule has 0 aliphatic carbocycles. The van der Waals surface area contributed by atoms with Crippen molar-refractivity contribution in [1.29, 1.82) is 0 Å². The largest absolute Gasteiger partial charge is 0.468 e. The maximum absolute atomic E-state index is 13.4. The highest BCUT2D eigenvalue weighted by Crippen LogP contribution is 2.11. The second kappa shape index (κ2) is 7.75. The Hall–Kier alpha value is -1.75. The summed E-state index contributed by atoms with van der Waals surface area (Å²) in [6.45, 7) is 0.568. The lowest BCUT2D eigenvalue weighted by atomic mass is 10.1. The summed E-state index contributed by atoms with van der Waals surface area (Å²) < 4.78 is 18.6. The third-order valence-corrected chi connectivity index (χ3v) is 3.68. The fourth-order valence-corrected chi connectivity index (χ4v) is 2.46. The summed E-state index contributed by atoms with van der Waals surface area (Å²) in [7, 11) is 0. The Morgan fingerprint density at radius 1 is 1.25 bits per heavy atom. The fraction of sp³-hybridized carbons (Fsp3) is 0.267. The van der Waals surface area contributed by atoms with Gasteiger partial charge in [0.25, 0.3) is 0 Å². The monoisotopic (exact) mass is 293 g/mol. The first-order valence-electron chi connectivity index (χ1n) is 6.36. The van der Waals surface area contributed by atoms with Crippen molar-refractivity contribution in [2.45, 2.75) is 12.2 Å². The van der Waals surface area contributed by atoms with Crippen molar-refractivity contribution in [1.82, 2.24) is 5.32 Å². The molecular weight excluding hydrogens is 277 g/mol. The minimum Gasteiger partial charge on any atom is -0.468 e. The molecule has 0 saturated heterocycles. The standard InChI is InChI=1S/C15H16FNO2S/c16-14-6-2-1-4-12(14)10-15(18)17-7-9-20-11-13-5-3-8-19-13/h1-6,8H,7,9-11H2,(H,17,18). The van der Waals surface area contributed by atoms with Crippen LogP contribution in [0.25, 0.3) is 0 Å². The second-order valence-corrected chi connectivity index (χ2v) is 5.36. The molecule has 0 bridgehead atoms. The normalized spacial score (nSPS) is 10.4. The van der Waals surface area contributed by atoms with Crippen LogP contribution in [0.5, 0.6) is 0 Å². The van der Waals surface area contributed by atoms with E-state index in [2.05, 4.69) is 5.32 Å². The minimum absolute atomic E-state index is 0.0789. The molecule has 2 aromatic rings. The van der Waals surface area contributed by atoms with Crippen molar-refractivity contribution < 1.29 is 13.6 Å². The van der Waals surface area contributed by atoms with Gasteiger partial charge in [-0.1, -0.05) is 18.2 Å². The van der Waals surface area contributed by atoms with Crippen LogP contribution >= 0.6 is 11.8 Å². The average molecular weight is 293 g/mol. The lowest BCUT2D eigenvalue weighted by molar-refractivity contribution is -0.120. The van der Waals surface area contributed by atoms with Crippen LogP contribution in [0.15, 0.2) is 47.1 Å². The van der Waals surface area contributed by atoms with Crippen molar-refractivity contribution in [2.24, 2.45) is 0 Å². The summed E-state index contributed by atoms with van der Waals surface area (Å²) in [5, 5.41) is 2.78. The first-order valence-corrected chi connectivity index (χ1v) is 7.51. The molecule has 1 heterocycles. The fourth-order valence-electron chi connectivity index (χ4n) is 1.71. The van der Waals surface area contributed by atoms with E-state index in [1.165, 1.54) is 6.07 Å². The van der Waals surface area contributed by atoms with Gasteiger partial charge in [0, 0.05) is 12.3 Å². The van der Waals surface area contributed by atoms with Gasteiger partial charge in [0.2, 0.25) is 5.91 Å². The van der Waals surface area contributed by atoms with E-state index in [1.54, 1.807) is 36.2 Å². The van der Waals surface area contributed by atoms with Gasteiger partial charge in [-0.15, -0.1) is 0 Å². The quantitative estimate of drug-likeness (QED) is 0.798.